The summed E-state index contributed by atoms with van der Waals surface area (Å²) in [7, 11) is 0.854. The van der Waals surface area contributed by atoms with Crippen LogP contribution in [0.25, 0.3) is 0 Å². The predicted molar refractivity (Wildman–Crippen MR) is 22.3 cm³/mol. The average molecular weight is 145 g/mol. The summed E-state index contributed by atoms with van der Waals surface area (Å²) in [5, 5.41) is 0. The van der Waals surface area contributed by atoms with E-state index in [0.29, 0.717) is 0 Å². The van der Waals surface area contributed by atoms with Crippen LogP contribution in [0.1, 0.15) is 0 Å². The van der Waals surface area contributed by atoms with Gasteiger partial charge in [0.25, 0.3) is 0 Å². The highest BCUT2D eigenvalue weighted by molar-refractivity contribution is 4.76. The first kappa shape index (κ1) is 8.68. The van der Waals surface area contributed by atoms with Gasteiger partial charge in [-0.2, -0.15) is 13.2 Å². The summed E-state index contributed by atoms with van der Waals surface area (Å²) in [6.07, 6.45) is -7.44. The lowest BCUT2D eigenvalue weighted by atomic mass is 10.4. The molecular formula is C4H5F4O. The van der Waals surface area contributed by atoms with Crippen LogP contribution in [-0.2, 0) is 4.74 Å². The topological polar surface area (TPSA) is 9.23 Å². The number of hydrogen-bond acceptors (Lipinski definition) is 1. The Kier molecular flexibility index (Phi) is 2.90. The van der Waals surface area contributed by atoms with Gasteiger partial charge in [-0.05, 0) is 0 Å². The van der Waals surface area contributed by atoms with Gasteiger partial charge in [0.15, 0.2) is 0 Å². The van der Waals surface area contributed by atoms with Crippen LogP contribution in [0.15, 0.2) is 0 Å². The Hall–Kier alpha value is -0.320. The molecule has 0 aromatic rings. The van der Waals surface area contributed by atoms with Gasteiger partial charge in [-0.25, -0.2) is 4.39 Å². The number of hydrogen-bond donors (Lipinski definition) is 0. The van der Waals surface area contributed by atoms with E-state index in [1.165, 1.54) is 0 Å². The van der Waals surface area contributed by atoms with Gasteiger partial charge in [-0.1, -0.05) is 0 Å². The SMILES string of the molecule is COC(F)[CH]C(F)(F)F. The highest BCUT2D eigenvalue weighted by Gasteiger charge is 2.32. The van der Waals surface area contributed by atoms with Crippen molar-refractivity contribution in [3.05, 3.63) is 6.42 Å². The third kappa shape index (κ3) is 5.55. The summed E-state index contributed by atoms with van der Waals surface area (Å²) >= 11 is 0. The Morgan fingerprint density at radius 2 is 1.89 bits per heavy atom. The van der Waals surface area contributed by atoms with Crippen LogP contribution >= 0.6 is 0 Å². The van der Waals surface area contributed by atoms with E-state index in [4.69, 9.17) is 0 Å². The second kappa shape index (κ2) is 3.00. The van der Waals surface area contributed by atoms with Crippen LogP contribution in [-0.4, -0.2) is 19.6 Å². The fraction of sp³-hybridized carbons (Fsp3) is 0.750. The standard InChI is InChI=1S/C4H5F4O/c1-9-3(5)2-4(6,7)8/h2-3H,1H3. The predicted octanol–water partition coefficient (Wildman–Crippen LogP) is 1.69. The summed E-state index contributed by atoms with van der Waals surface area (Å²) in [4.78, 5) is 0. The van der Waals surface area contributed by atoms with E-state index >= 15 is 0 Å². The van der Waals surface area contributed by atoms with Crippen LogP contribution in [0.5, 0.6) is 0 Å². The number of halogens is 4. The molecule has 0 fully saturated rings. The molecule has 5 heteroatoms. The molecule has 0 amide bonds. The van der Waals surface area contributed by atoms with Gasteiger partial charge in [0.2, 0.25) is 6.36 Å². The third-order valence-electron chi connectivity index (χ3n) is 0.545. The fourth-order valence-corrected chi connectivity index (χ4v) is 0.217. The van der Waals surface area contributed by atoms with Gasteiger partial charge in [-0.3, -0.25) is 0 Å². The second-order valence-corrected chi connectivity index (χ2v) is 1.30. The molecule has 0 aliphatic carbocycles. The van der Waals surface area contributed by atoms with Crippen LogP contribution in [0, 0.1) is 6.42 Å². The van der Waals surface area contributed by atoms with E-state index in [9.17, 15) is 17.6 Å². The van der Waals surface area contributed by atoms with Crippen molar-refractivity contribution in [2.45, 2.75) is 12.5 Å². The van der Waals surface area contributed by atoms with Crippen LogP contribution in [0.2, 0.25) is 0 Å². The van der Waals surface area contributed by atoms with Crippen LogP contribution < -0.4 is 0 Å². The summed E-state index contributed by atoms with van der Waals surface area (Å²) in [6, 6.07) is 0. The average Bonchev–Trinajstić information content (AvgIpc) is 1.62. The maximum absolute atomic E-state index is 11.6. The first-order valence-electron chi connectivity index (χ1n) is 2.05. The molecule has 0 spiro atoms. The lowest BCUT2D eigenvalue weighted by molar-refractivity contribution is -0.129. The number of alkyl halides is 4. The Morgan fingerprint density at radius 3 is 2.00 bits per heavy atom. The van der Waals surface area contributed by atoms with E-state index in [0.717, 1.165) is 7.11 Å². The van der Waals surface area contributed by atoms with E-state index in [1.807, 2.05) is 0 Å². The zero-order valence-electron chi connectivity index (χ0n) is 4.57. The van der Waals surface area contributed by atoms with E-state index in [1.54, 1.807) is 0 Å². The lowest BCUT2D eigenvalue weighted by Crippen LogP contribution is -2.18. The Balaban J connectivity index is 3.47. The molecule has 1 atom stereocenters. The molecule has 1 nitrogen and oxygen atoms in total. The molecule has 0 aliphatic rings. The summed E-state index contributed by atoms with van der Waals surface area (Å²) < 4.78 is 48.7. The first-order chi connectivity index (χ1) is 3.95. The fourth-order valence-electron chi connectivity index (χ4n) is 0.217. The van der Waals surface area contributed by atoms with Crippen molar-refractivity contribution in [3.63, 3.8) is 0 Å². The molecule has 0 aromatic heterocycles. The Morgan fingerprint density at radius 1 is 1.44 bits per heavy atom. The molecule has 0 aromatic carbocycles. The smallest absolute Gasteiger partial charge is 0.351 e. The normalized spacial score (nSPS) is 15.7. The molecule has 0 saturated heterocycles. The molecule has 55 valence electrons. The number of methoxy groups -OCH3 is 1. The zero-order chi connectivity index (χ0) is 7.49. The second-order valence-electron chi connectivity index (χ2n) is 1.30. The summed E-state index contributed by atoms with van der Waals surface area (Å²) in [5.74, 6) is 0. The monoisotopic (exact) mass is 145 g/mol. The minimum Gasteiger partial charge on any atom is -0.351 e. The minimum absolute atomic E-state index is 0.479. The van der Waals surface area contributed by atoms with Gasteiger partial charge < -0.3 is 4.74 Å². The van der Waals surface area contributed by atoms with Crippen molar-refractivity contribution in [3.8, 4) is 0 Å². The Bertz CT molecular complexity index is 79.1. The van der Waals surface area contributed by atoms with Gasteiger partial charge in [-0.15, -0.1) is 0 Å². The first-order valence-corrected chi connectivity index (χ1v) is 2.05. The molecule has 0 aliphatic heterocycles. The maximum atomic E-state index is 11.6. The largest absolute Gasteiger partial charge is 0.397 e. The Labute approximate surface area is 49.6 Å². The molecule has 0 N–H and O–H groups in total. The van der Waals surface area contributed by atoms with E-state index in [2.05, 4.69) is 4.74 Å². The van der Waals surface area contributed by atoms with Crippen molar-refractivity contribution in [1.82, 2.24) is 0 Å². The van der Waals surface area contributed by atoms with Crippen molar-refractivity contribution in [2.24, 2.45) is 0 Å². The highest BCUT2D eigenvalue weighted by Crippen LogP contribution is 2.21. The molecule has 1 unspecified atom stereocenters. The van der Waals surface area contributed by atoms with Gasteiger partial charge in [0, 0.05) is 7.11 Å². The van der Waals surface area contributed by atoms with E-state index < -0.39 is 19.0 Å². The van der Waals surface area contributed by atoms with Crippen molar-refractivity contribution < 1.29 is 22.3 Å². The molecule has 0 bridgehead atoms. The van der Waals surface area contributed by atoms with Crippen molar-refractivity contribution >= 4 is 0 Å². The van der Waals surface area contributed by atoms with Gasteiger partial charge in [0.05, 0.1) is 0 Å². The van der Waals surface area contributed by atoms with Crippen molar-refractivity contribution in [1.29, 1.82) is 0 Å². The molecule has 0 heterocycles. The van der Waals surface area contributed by atoms with E-state index in [-0.39, 0.29) is 0 Å². The quantitative estimate of drug-likeness (QED) is 0.537. The lowest BCUT2D eigenvalue weighted by Gasteiger charge is -2.07. The summed E-state index contributed by atoms with van der Waals surface area (Å²) in [5.41, 5.74) is 0. The summed E-state index contributed by atoms with van der Waals surface area (Å²) in [6.45, 7) is 0. The zero-order valence-corrected chi connectivity index (χ0v) is 4.57. The van der Waals surface area contributed by atoms with Gasteiger partial charge in [0.1, 0.15) is 6.42 Å². The van der Waals surface area contributed by atoms with Crippen LogP contribution in [0.3, 0.4) is 0 Å². The molecule has 1 radical (unpaired) electrons. The molecule has 0 rings (SSSR count). The van der Waals surface area contributed by atoms with Gasteiger partial charge >= 0.3 is 6.18 Å². The maximum Gasteiger partial charge on any atom is 0.397 e. The highest BCUT2D eigenvalue weighted by atomic mass is 19.4. The number of ether oxygens (including phenoxy) is 1. The number of rotatable bonds is 2. The minimum atomic E-state index is -4.60. The van der Waals surface area contributed by atoms with Crippen LogP contribution in [0.4, 0.5) is 17.6 Å². The van der Waals surface area contributed by atoms with Crippen molar-refractivity contribution in [2.75, 3.05) is 7.11 Å². The third-order valence-corrected chi connectivity index (χ3v) is 0.545. The molecule has 0 saturated carbocycles. The molecular weight excluding hydrogens is 140 g/mol. The molecule has 9 heavy (non-hydrogen) atoms.